The molecule has 2 aromatic carbocycles. The number of nitrogens with one attached hydrogen (secondary N) is 1. The van der Waals surface area contributed by atoms with Crippen LogP contribution in [0.15, 0.2) is 66.0 Å². The predicted octanol–water partition coefficient (Wildman–Crippen LogP) is 1.04. The third-order valence-corrected chi connectivity index (χ3v) is 5.72. The molecular formula is C24H25N7O5. The van der Waals surface area contributed by atoms with E-state index in [0.717, 1.165) is 11.1 Å². The van der Waals surface area contributed by atoms with Crippen LogP contribution in [0.3, 0.4) is 0 Å². The van der Waals surface area contributed by atoms with E-state index < -0.39 is 31.1 Å². The van der Waals surface area contributed by atoms with Crippen molar-refractivity contribution in [2.24, 2.45) is 5.10 Å². The summed E-state index contributed by atoms with van der Waals surface area (Å²) in [6, 6.07) is 17.3. The number of anilines is 2. The average molecular weight is 492 g/mol. The number of hydrogen-bond acceptors (Lipinski definition) is 11. The second kappa shape index (κ2) is 10.3. The molecule has 5 rings (SSSR count). The number of nitrogen functional groups attached to an aromatic ring is 1. The van der Waals surface area contributed by atoms with E-state index in [9.17, 15) is 15.3 Å². The van der Waals surface area contributed by atoms with Crippen LogP contribution >= 0.6 is 0 Å². The molecule has 4 atom stereocenters. The summed E-state index contributed by atoms with van der Waals surface area (Å²) < 4.78 is 12.9. The van der Waals surface area contributed by atoms with Gasteiger partial charge in [-0.1, -0.05) is 42.5 Å². The number of benzene rings is 2. The number of hydrazone groups is 1. The van der Waals surface area contributed by atoms with Crippen molar-refractivity contribution < 1.29 is 24.8 Å². The summed E-state index contributed by atoms with van der Waals surface area (Å²) in [6.07, 6.45) is -1.53. The van der Waals surface area contributed by atoms with Gasteiger partial charge in [-0.3, -0.25) is 4.57 Å². The molecule has 0 saturated carbocycles. The first-order chi connectivity index (χ1) is 17.5. The SMILES string of the molecule is Nc1nc(NN=Cc2cccc(OCc3ccccc3)c2)nc2c1ncn2[C@@H]1O[C@H](CO)[C@@H](O)[C@H]1O. The van der Waals surface area contributed by atoms with E-state index in [4.69, 9.17) is 15.2 Å². The minimum Gasteiger partial charge on any atom is -0.489 e. The van der Waals surface area contributed by atoms with Gasteiger partial charge in [-0.25, -0.2) is 10.4 Å². The number of nitrogens with zero attached hydrogens (tertiary/aromatic N) is 5. The van der Waals surface area contributed by atoms with Gasteiger partial charge in [0.2, 0.25) is 5.95 Å². The van der Waals surface area contributed by atoms with Crippen LogP contribution in [0, 0.1) is 0 Å². The molecule has 1 fully saturated rings. The zero-order valence-corrected chi connectivity index (χ0v) is 19.0. The average Bonchev–Trinajstić information content (AvgIpc) is 3.44. The van der Waals surface area contributed by atoms with Crippen molar-refractivity contribution in [1.29, 1.82) is 0 Å². The normalized spacial score (nSPS) is 21.9. The molecule has 12 nitrogen and oxygen atoms in total. The van der Waals surface area contributed by atoms with Crippen LogP contribution in [0.5, 0.6) is 5.75 Å². The van der Waals surface area contributed by atoms with Crippen LogP contribution in [0.2, 0.25) is 0 Å². The Kier molecular flexibility index (Phi) is 6.73. The molecular weight excluding hydrogens is 466 g/mol. The summed E-state index contributed by atoms with van der Waals surface area (Å²) in [5.74, 6) is 0.896. The highest BCUT2D eigenvalue weighted by Crippen LogP contribution is 2.32. The Morgan fingerprint density at radius 2 is 1.94 bits per heavy atom. The first kappa shape index (κ1) is 23.6. The highest BCUT2D eigenvalue weighted by molar-refractivity contribution is 5.83. The van der Waals surface area contributed by atoms with Gasteiger partial charge in [0.25, 0.3) is 0 Å². The van der Waals surface area contributed by atoms with Gasteiger partial charge in [0.1, 0.15) is 36.2 Å². The highest BCUT2D eigenvalue weighted by atomic mass is 16.6. The molecule has 1 aliphatic heterocycles. The minimum atomic E-state index is -1.29. The third-order valence-electron chi connectivity index (χ3n) is 5.72. The lowest BCUT2D eigenvalue weighted by Gasteiger charge is -2.16. The fraction of sp³-hybridized carbons (Fsp3) is 0.250. The van der Waals surface area contributed by atoms with Crippen LogP contribution in [-0.2, 0) is 11.3 Å². The molecule has 0 bridgehead atoms. The molecule has 12 heteroatoms. The zero-order chi connectivity index (χ0) is 25.1. The molecule has 0 spiro atoms. The molecule has 0 radical (unpaired) electrons. The number of aliphatic hydroxyl groups excluding tert-OH is 3. The Hall–Kier alpha value is -4.10. The van der Waals surface area contributed by atoms with Crippen molar-refractivity contribution in [3.63, 3.8) is 0 Å². The molecule has 4 aromatic rings. The summed E-state index contributed by atoms with van der Waals surface area (Å²) in [5, 5.41) is 34.0. The first-order valence-electron chi connectivity index (χ1n) is 11.2. The second-order valence-corrected chi connectivity index (χ2v) is 8.20. The van der Waals surface area contributed by atoms with Crippen LogP contribution in [0.1, 0.15) is 17.4 Å². The summed E-state index contributed by atoms with van der Waals surface area (Å²) in [5.41, 5.74) is 11.2. The van der Waals surface area contributed by atoms with E-state index in [1.807, 2.05) is 54.6 Å². The number of aliphatic hydroxyl groups is 3. The Labute approximate surface area is 205 Å². The zero-order valence-electron chi connectivity index (χ0n) is 19.0. The van der Waals surface area contributed by atoms with E-state index in [1.165, 1.54) is 10.9 Å². The monoisotopic (exact) mass is 491 g/mol. The van der Waals surface area contributed by atoms with Gasteiger partial charge in [-0.05, 0) is 23.3 Å². The van der Waals surface area contributed by atoms with Gasteiger partial charge in [0.15, 0.2) is 17.7 Å². The number of nitrogens with two attached hydrogens (primary N) is 1. The van der Waals surface area contributed by atoms with Gasteiger partial charge >= 0.3 is 0 Å². The minimum absolute atomic E-state index is 0.0968. The van der Waals surface area contributed by atoms with E-state index in [-0.39, 0.29) is 17.4 Å². The molecule has 2 aromatic heterocycles. The van der Waals surface area contributed by atoms with Crippen molar-refractivity contribution in [2.75, 3.05) is 17.8 Å². The van der Waals surface area contributed by atoms with Crippen LogP contribution < -0.4 is 15.9 Å². The van der Waals surface area contributed by atoms with Crippen LogP contribution in [0.25, 0.3) is 11.2 Å². The molecule has 186 valence electrons. The Morgan fingerprint density at radius 1 is 1.11 bits per heavy atom. The number of aromatic nitrogens is 4. The summed E-state index contributed by atoms with van der Waals surface area (Å²) >= 11 is 0. The second-order valence-electron chi connectivity index (χ2n) is 8.20. The van der Waals surface area contributed by atoms with E-state index in [2.05, 4.69) is 25.5 Å². The van der Waals surface area contributed by atoms with Gasteiger partial charge in [0, 0.05) is 0 Å². The molecule has 0 unspecified atom stereocenters. The Morgan fingerprint density at radius 3 is 2.72 bits per heavy atom. The fourth-order valence-corrected chi connectivity index (χ4v) is 3.87. The molecule has 1 saturated heterocycles. The van der Waals surface area contributed by atoms with Crippen molar-refractivity contribution in [3.05, 3.63) is 72.1 Å². The van der Waals surface area contributed by atoms with E-state index >= 15 is 0 Å². The standard InChI is InChI=1S/C24H25N7O5/c25-21-18-22(31(13-26-18)23-20(34)19(33)17(11-32)36-23)29-24(28-21)30-27-10-15-7-4-8-16(9-15)35-12-14-5-2-1-3-6-14/h1-10,13,17,19-20,23,32-34H,11-12H2,(H3,25,28,29,30)/t17-,19-,20-,23-/m1/s1. The maximum absolute atomic E-state index is 10.4. The maximum Gasteiger partial charge on any atom is 0.247 e. The van der Waals surface area contributed by atoms with E-state index in [1.54, 1.807) is 6.21 Å². The van der Waals surface area contributed by atoms with Crippen LogP contribution in [-0.4, -0.2) is 66.0 Å². The molecule has 6 N–H and O–H groups in total. The fourth-order valence-electron chi connectivity index (χ4n) is 3.87. The Bertz CT molecular complexity index is 1360. The molecule has 3 heterocycles. The number of ether oxygens (including phenoxy) is 2. The summed E-state index contributed by atoms with van der Waals surface area (Å²) in [7, 11) is 0. The maximum atomic E-state index is 10.4. The first-order valence-corrected chi connectivity index (χ1v) is 11.2. The lowest BCUT2D eigenvalue weighted by atomic mass is 10.1. The molecule has 36 heavy (non-hydrogen) atoms. The molecule has 0 amide bonds. The molecule has 1 aliphatic rings. The lowest BCUT2D eigenvalue weighted by Crippen LogP contribution is -2.33. The van der Waals surface area contributed by atoms with Gasteiger partial charge in [-0.2, -0.15) is 15.1 Å². The smallest absolute Gasteiger partial charge is 0.247 e. The van der Waals surface area contributed by atoms with E-state index in [0.29, 0.717) is 17.9 Å². The number of rotatable bonds is 8. The van der Waals surface area contributed by atoms with Crippen LogP contribution in [0.4, 0.5) is 11.8 Å². The number of fused-ring (bicyclic) bond motifs is 1. The van der Waals surface area contributed by atoms with Gasteiger partial charge < -0.3 is 30.5 Å². The summed E-state index contributed by atoms with van der Waals surface area (Å²) in [4.78, 5) is 12.7. The van der Waals surface area contributed by atoms with Gasteiger partial charge in [0.05, 0.1) is 19.1 Å². The van der Waals surface area contributed by atoms with Crippen molar-refractivity contribution in [3.8, 4) is 5.75 Å². The quantitative estimate of drug-likeness (QED) is 0.177. The van der Waals surface area contributed by atoms with Crippen molar-refractivity contribution in [2.45, 2.75) is 31.1 Å². The number of hydrogen-bond donors (Lipinski definition) is 5. The van der Waals surface area contributed by atoms with Crippen molar-refractivity contribution in [1.82, 2.24) is 19.5 Å². The topological polar surface area (TPSA) is 173 Å². The summed E-state index contributed by atoms with van der Waals surface area (Å²) in [6.45, 7) is 0.00841. The van der Waals surface area contributed by atoms with Crippen molar-refractivity contribution >= 4 is 29.1 Å². The third kappa shape index (κ3) is 4.83. The highest BCUT2D eigenvalue weighted by Gasteiger charge is 2.44. The Balaban J connectivity index is 1.30. The largest absolute Gasteiger partial charge is 0.489 e. The molecule has 0 aliphatic carbocycles. The van der Waals surface area contributed by atoms with Gasteiger partial charge in [-0.15, -0.1) is 0 Å². The predicted molar refractivity (Wildman–Crippen MR) is 131 cm³/mol. The number of imidazole rings is 1. The lowest BCUT2D eigenvalue weighted by molar-refractivity contribution is -0.0511.